The van der Waals surface area contributed by atoms with Crippen molar-refractivity contribution in [2.75, 3.05) is 0 Å². The molecule has 0 atom stereocenters. The first-order valence-electron chi connectivity index (χ1n) is 9.74. The van der Waals surface area contributed by atoms with Crippen LogP contribution < -0.4 is 11.3 Å². The van der Waals surface area contributed by atoms with Crippen LogP contribution in [0.5, 0.6) is 17.2 Å². The van der Waals surface area contributed by atoms with Gasteiger partial charge in [0.05, 0.1) is 27.8 Å². The highest BCUT2D eigenvalue weighted by molar-refractivity contribution is 5.87. The van der Waals surface area contributed by atoms with Crippen LogP contribution in [0.15, 0.2) is 91.2 Å². The molecule has 0 amide bonds. The van der Waals surface area contributed by atoms with Crippen molar-refractivity contribution >= 4 is 21.9 Å². The Morgan fingerprint density at radius 1 is 0.594 bits per heavy atom. The van der Waals surface area contributed by atoms with E-state index < -0.39 is 28.7 Å². The van der Waals surface area contributed by atoms with E-state index in [9.17, 15) is 24.9 Å². The molecule has 158 valence electrons. The van der Waals surface area contributed by atoms with Crippen LogP contribution in [0.2, 0.25) is 0 Å². The van der Waals surface area contributed by atoms with E-state index in [-0.39, 0.29) is 44.4 Å². The van der Waals surface area contributed by atoms with Crippen LogP contribution in [-0.4, -0.2) is 15.3 Å². The molecule has 0 unspecified atom stereocenters. The van der Waals surface area contributed by atoms with Gasteiger partial charge in [-0.15, -0.1) is 0 Å². The molecule has 0 bridgehead atoms. The van der Waals surface area contributed by atoms with Crippen LogP contribution in [0.25, 0.3) is 21.9 Å². The molecule has 0 fully saturated rings. The second kappa shape index (κ2) is 7.31. The third kappa shape index (κ3) is 2.91. The molecule has 5 rings (SSSR count). The highest BCUT2D eigenvalue weighted by atomic mass is 16.4. The van der Waals surface area contributed by atoms with Crippen molar-refractivity contribution in [3.05, 3.63) is 110 Å². The molecule has 32 heavy (non-hydrogen) atoms. The van der Waals surface area contributed by atoms with Crippen LogP contribution >= 0.6 is 0 Å². The predicted molar refractivity (Wildman–Crippen MR) is 117 cm³/mol. The normalized spacial score (nSPS) is 11.4. The highest BCUT2D eigenvalue weighted by Crippen LogP contribution is 2.43. The topological polar surface area (TPSA) is 121 Å². The van der Waals surface area contributed by atoms with Crippen molar-refractivity contribution in [2.45, 2.75) is 5.92 Å². The van der Waals surface area contributed by atoms with Crippen LogP contribution in [0.1, 0.15) is 22.6 Å². The van der Waals surface area contributed by atoms with E-state index in [1.807, 2.05) is 0 Å². The molecule has 3 aromatic carbocycles. The third-order valence-electron chi connectivity index (χ3n) is 5.46. The molecule has 0 aliphatic heterocycles. The van der Waals surface area contributed by atoms with Gasteiger partial charge in [-0.2, -0.15) is 0 Å². The van der Waals surface area contributed by atoms with Gasteiger partial charge in [-0.1, -0.05) is 42.5 Å². The quantitative estimate of drug-likeness (QED) is 0.368. The third-order valence-corrected chi connectivity index (χ3v) is 5.46. The summed E-state index contributed by atoms with van der Waals surface area (Å²) < 4.78 is 10.8. The Balaban J connectivity index is 1.94. The standard InChI is InChI=1S/C25H16O7/c26-16-10-4-1-7-13(16)19(20-22(27)14-8-2-5-11-17(14)31-24(20)29)21-23(28)15-9-3-6-12-18(15)32-25(21)30/h1-12,19,26-28H. The number of aromatic hydroxyl groups is 3. The number of rotatable bonds is 3. The molecule has 2 aromatic heterocycles. The number of para-hydroxylation sites is 3. The molecule has 2 heterocycles. The summed E-state index contributed by atoms with van der Waals surface area (Å²) in [6.07, 6.45) is 0. The monoisotopic (exact) mass is 428 g/mol. The molecule has 5 aromatic rings. The lowest BCUT2D eigenvalue weighted by molar-refractivity contribution is 0.435. The minimum Gasteiger partial charge on any atom is -0.508 e. The molecule has 0 radical (unpaired) electrons. The Bertz CT molecular complexity index is 1510. The van der Waals surface area contributed by atoms with E-state index in [1.54, 1.807) is 48.5 Å². The van der Waals surface area contributed by atoms with Crippen LogP contribution in [0, 0.1) is 0 Å². The number of phenolic OH excluding ortho intramolecular Hbond substituents is 1. The first-order chi connectivity index (χ1) is 15.5. The zero-order valence-electron chi connectivity index (χ0n) is 16.5. The summed E-state index contributed by atoms with van der Waals surface area (Å²) in [5.74, 6) is -2.44. The molecule has 0 aliphatic rings. The summed E-state index contributed by atoms with van der Waals surface area (Å²) in [6, 6.07) is 18.8. The lowest BCUT2D eigenvalue weighted by Gasteiger charge is -2.20. The molecule has 0 spiro atoms. The van der Waals surface area contributed by atoms with Gasteiger partial charge >= 0.3 is 11.3 Å². The van der Waals surface area contributed by atoms with Crippen LogP contribution in [-0.2, 0) is 0 Å². The maximum Gasteiger partial charge on any atom is 0.344 e. The Labute approximate surface area is 180 Å². The van der Waals surface area contributed by atoms with Gasteiger partial charge in [0.25, 0.3) is 0 Å². The van der Waals surface area contributed by atoms with Crippen LogP contribution in [0.4, 0.5) is 0 Å². The Kier molecular flexibility index (Phi) is 4.44. The van der Waals surface area contributed by atoms with Gasteiger partial charge in [-0.25, -0.2) is 9.59 Å². The first kappa shape index (κ1) is 19.4. The number of hydrogen-bond donors (Lipinski definition) is 3. The number of fused-ring (bicyclic) bond motifs is 2. The van der Waals surface area contributed by atoms with E-state index in [2.05, 4.69) is 0 Å². The van der Waals surface area contributed by atoms with Crippen molar-refractivity contribution in [3.63, 3.8) is 0 Å². The average molecular weight is 428 g/mol. The number of phenols is 1. The summed E-state index contributed by atoms with van der Waals surface area (Å²) in [5.41, 5.74) is -2.01. The second-order valence-electron chi connectivity index (χ2n) is 7.29. The average Bonchev–Trinajstić information content (AvgIpc) is 2.78. The second-order valence-corrected chi connectivity index (χ2v) is 7.29. The van der Waals surface area contributed by atoms with Crippen molar-refractivity contribution in [3.8, 4) is 17.2 Å². The van der Waals surface area contributed by atoms with Crippen molar-refractivity contribution < 1.29 is 24.2 Å². The predicted octanol–water partition coefficient (Wildman–Crippen LogP) is 4.20. The Hall–Kier alpha value is -4.52. The van der Waals surface area contributed by atoms with Gasteiger partial charge in [0.15, 0.2) is 0 Å². The maximum absolute atomic E-state index is 13.0. The molecule has 0 saturated carbocycles. The molecule has 7 nitrogen and oxygen atoms in total. The summed E-state index contributed by atoms with van der Waals surface area (Å²) in [4.78, 5) is 26.0. The molecule has 0 aliphatic carbocycles. The van der Waals surface area contributed by atoms with Crippen molar-refractivity contribution in [1.29, 1.82) is 0 Å². The van der Waals surface area contributed by atoms with Crippen molar-refractivity contribution in [2.24, 2.45) is 0 Å². The van der Waals surface area contributed by atoms with Crippen molar-refractivity contribution in [1.82, 2.24) is 0 Å². The lowest BCUT2D eigenvalue weighted by atomic mass is 9.84. The number of hydrogen-bond acceptors (Lipinski definition) is 7. The molecular formula is C25H16O7. The summed E-state index contributed by atoms with van der Waals surface area (Å²) in [5, 5.41) is 33.2. The Morgan fingerprint density at radius 3 is 1.53 bits per heavy atom. The summed E-state index contributed by atoms with van der Waals surface area (Å²) in [7, 11) is 0. The van der Waals surface area contributed by atoms with E-state index >= 15 is 0 Å². The van der Waals surface area contributed by atoms with Gasteiger partial charge in [0.2, 0.25) is 0 Å². The Morgan fingerprint density at radius 2 is 1.03 bits per heavy atom. The fraction of sp³-hybridized carbons (Fsp3) is 0.0400. The van der Waals surface area contributed by atoms with Gasteiger partial charge in [-0.05, 0) is 30.3 Å². The minimum absolute atomic E-state index is 0.114. The molecular weight excluding hydrogens is 412 g/mol. The van der Waals surface area contributed by atoms with Gasteiger partial charge in [-0.3, -0.25) is 0 Å². The highest BCUT2D eigenvalue weighted by Gasteiger charge is 2.33. The van der Waals surface area contributed by atoms with E-state index in [1.165, 1.54) is 24.3 Å². The van der Waals surface area contributed by atoms with Gasteiger partial charge < -0.3 is 24.2 Å². The van der Waals surface area contributed by atoms with E-state index in [0.29, 0.717) is 0 Å². The smallest absolute Gasteiger partial charge is 0.344 e. The molecule has 0 saturated heterocycles. The maximum atomic E-state index is 13.0. The fourth-order valence-corrected chi connectivity index (χ4v) is 3.99. The fourth-order valence-electron chi connectivity index (χ4n) is 3.99. The number of benzene rings is 3. The SMILES string of the molecule is O=c1oc2ccccc2c(O)c1C(c1ccccc1O)c1c(O)c2ccccc2oc1=O. The van der Waals surface area contributed by atoms with Gasteiger partial charge in [0, 0.05) is 5.56 Å². The first-order valence-corrected chi connectivity index (χ1v) is 9.74. The summed E-state index contributed by atoms with van der Waals surface area (Å²) in [6.45, 7) is 0. The van der Waals surface area contributed by atoms with E-state index in [4.69, 9.17) is 8.83 Å². The molecule has 7 heteroatoms. The van der Waals surface area contributed by atoms with E-state index in [0.717, 1.165) is 0 Å². The largest absolute Gasteiger partial charge is 0.508 e. The lowest BCUT2D eigenvalue weighted by Crippen LogP contribution is -2.21. The zero-order valence-corrected chi connectivity index (χ0v) is 16.5. The van der Waals surface area contributed by atoms with Gasteiger partial charge in [0.1, 0.15) is 28.4 Å². The summed E-state index contributed by atoms with van der Waals surface area (Å²) >= 11 is 0. The van der Waals surface area contributed by atoms with Crippen LogP contribution in [0.3, 0.4) is 0 Å². The minimum atomic E-state index is -1.36. The zero-order chi connectivity index (χ0) is 22.4. The molecule has 3 N–H and O–H groups in total.